The molecule has 1 heterocycles. The van der Waals surface area contributed by atoms with Crippen LogP contribution < -0.4 is 15.4 Å². The number of carbonyl (C=O) groups excluding carboxylic acids is 2. The lowest BCUT2D eigenvalue weighted by molar-refractivity contribution is -0.137. The number of aromatic nitrogens is 3. The van der Waals surface area contributed by atoms with Crippen molar-refractivity contribution < 1.29 is 27.5 Å². The van der Waals surface area contributed by atoms with Crippen LogP contribution in [0.5, 0.6) is 5.75 Å². The minimum Gasteiger partial charge on any atom is -0.497 e. The van der Waals surface area contributed by atoms with E-state index in [1.165, 1.54) is 12.1 Å². The van der Waals surface area contributed by atoms with Crippen LogP contribution in [-0.4, -0.2) is 39.4 Å². The number of amides is 2. The number of alkyl halides is 3. The Hall–Kier alpha value is -3.54. The van der Waals surface area contributed by atoms with E-state index in [2.05, 4.69) is 20.8 Å². The van der Waals surface area contributed by atoms with Crippen molar-refractivity contribution in [1.29, 1.82) is 0 Å². The van der Waals surface area contributed by atoms with E-state index in [0.717, 1.165) is 29.5 Å². The third kappa shape index (κ3) is 7.47. The zero-order chi connectivity index (χ0) is 25.4. The van der Waals surface area contributed by atoms with Gasteiger partial charge in [-0.25, -0.2) is 0 Å². The van der Waals surface area contributed by atoms with Gasteiger partial charge >= 0.3 is 6.18 Å². The van der Waals surface area contributed by atoms with Crippen LogP contribution in [0.3, 0.4) is 0 Å². The number of carbonyl (C=O) groups is 2. The number of benzene rings is 2. The summed E-state index contributed by atoms with van der Waals surface area (Å²) >= 11 is 1.10. The van der Waals surface area contributed by atoms with Crippen molar-refractivity contribution in [1.82, 2.24) is 20.1 Å². The molecule has 0 bridgehead atoms. The molecule has 2 aromatic carbocycles. The number of halogens is 3. The largest absolute Gasteiger partial charge is 0.497 e. The normalized spacial score (nSPS) is 11.2. The highest BCUT2D eigenvalue weighted by atomic mass is 32.2. The molecule has 0 saturated heterocycles. The first-order chi connectivity index (χ1) is 16.7. The van der Waals surface area contributed by atoms with Crippen LogP contribution >= 0.6 is 11.8 Å². The Morgan fingerprint density at radius 3 is 2.49 bits per heavy atom. The molecular formula is C23H24F3N5O3S. The molecule has 2 N–H and O–H groups in total. The van der Waals surface area contributed by atoms with Gasteiger partial charge in [0.2, 0.25) is 11.8 Å². The molecule has 0 unspecified atom stereocenters. The molecule has 35 heavy (non-hydrogen) atoms. The molecule has 186 valence electrons. The molecule has 0 atom stereocenters. The molecule has 3 rings (SSSR count). The fourth-order valence-corrected chi connectivity index (χ4v) is 3.96. The minimum absolute atomic E-state index is 0.0580. The van der Waals surface area contributed by atoms with Gasteiger partial charge in [-0.05, 0) is 42.8 Å². The topological polar surface area (TPSA) is 98.1 Å². The van der Waals surface area contributed by atoms with E-state index in [1.54, 1.807) is 23.8 Å². The molecule has 8 nitrogen and oxygen atoms in total. The zero-order valence-electron chi connectivity index (χ0n) is 19.1. The van der Waals surface area contributed by atoms with Gasteiger partial charge in [0.1, 0.15) is 5.75 Å². The van der Waals surface area contributed by atoms with Crippen LogP contribution in [0, 0.1) is 0 Å². The van der Waals surface area contributed by atoms with E-state index in [9.17, 15) is 22.8 Å². The molecule has 0 radical (unpaired) electrons. The summed E-state index contributed by atoms with van der Waals surface area (Å²) in [7, 11) is 1.57. The first kappa shape index (κ1) is 26.1. The lowest BCUT2D eigenvalue weighted by Gasteiger charge is -2.10. The number of nitrogens with zero attached hydrogens (tertiary/aromatic N) is 3. The van der Waals surface area contributed by atoms with Gasteiger partial charge in [0.25, 0.3) is 0 Å². The number of nitrogens with one attached hydrogen (secondary N) is 2. The van der Waals surface area contributed by atoms with Gasteiger partial charge in [-0.2, -0.15) is 13.2 Å². The highest BCUT2D eigenvalue weighted by Crippen LogP contribution is 2.30. The molecule has 1 aromatic heterocycles. The van der Waals surface area contributed by atoms with Crippen molar-refractivity contribution in [2.45, 2.75) is 37.8 Å². The van der Waals surface area contributed by atoms with Crippen LogP contribution in [0.25, 0.3) is 0 Å². The Bertz CT molecular complexity index is 1170. The summed E-state index contributed by atoms with van der Waals surface area (Å²) in [5.74, 6) is 0.498. The summed E-state index contributed by atoms with van der Waals surface area (Å²) in [6.07, 6.45) is -4.30. The second-order valence-electron chi connectivity index (χ2n) is 7.36. The maximum Gasteiger partial charge on any atom is 0.416 e. The fourth-order valence-electron chi connectivity index (χ4n) is 3.14. The molecule has 12 heteroatoms. The SMILES string of the molecule is CCn1c(CNC(=O)Cc2ccc(OC)cc2)nnc1SCC(=O)Nc1cccc(C(F)(F)F)c1. The summed E-state index contributed by atoms with van der Waals surface area (Å²) < 4.78 is 45.4. The van der Waals surface area contributed by atoms with Gasteiger partial charge in [0.05, 0.1) is 31.4 Å². The van der Waals surface area contributed by atoms with E-state index >= 15 is 0 Å². The molecule has 0 aliphatic carbocycles. The lowest BCUT2D eigenvalue weighted by Crippen LogP contribution is -2.26. The summed E-state index contributed by atoms with van der Waals surface area (Å²) in [4.78, 5) is 24.5. The first-order valence-corrected chi connectivity index (χ1v) is 11.6. The number of thioether (sulfide) groups is 1. The molecule has 0 fully saturated rings. The smallest absolute Gasteiger partial charge is 0.416 e. The van der Waals surface area contributed by atoms with Gasteiger partial charge in [-0.15, -0.1) is 10.2 Å². The van der Waals surface area contributed by atoms with Gasteiger partial charge in [0, 0.05) is 12.2 Å². The Kier molecular flexibility index (Phi) is 8.74. The number of anilines is 1. The number of hydrogen-bond donors (Lipinski definition) is 2. The van der Waals surface area contributed by atoms with Crippen LogP contribution in [0.15, 0.2) is 53.7 Å². The quantitative estimate of drug-likeness (QED) is 0.404. The molecule has 0 aliphatic rings. The molecule has 2 amide bonds. The molecule has 3 aromatic rings. The van der Waals surface area contributed by atoms with Gasteiger partial charge < -0.3 is 19.9 Å². The molecule has 0 spiro atoms. The maximum absolute atomic E-state index is 12.8. The lowest BCUT2D eigenvalue weighted by atomic mass is 10.1. The van der Waals surface area contributed by atoms with Gasteiger partial charge in [0.15, 0.2) is 11.0 Å². The Labute approximate surface area is 204 Å². The average molecular weight is 508 g/mol. The maximum atomic E-state index is 12.8. The van der Waals surface area contributed by atoms with Crippen LogP contribution in [0.4, 0.5) is 18.9 Å². The van der Waals surface area contributed by atoms with Crippen molar-refractivity contribution in [3.8, 4) is 5.75 Å². The van der Waals surface area contributed by atoms with Gasteiger partial charge in [-0.1, -0.05) is 30.0 Å². The number of ether oxygens (including phenoxy) is 1. The summed E-state index contributed by atoms with van der Waals surface area (Å²) in [6.45, 7) is 2.54. The molecular weight excluding hydrogens is 483 g/mol. The Balaban J connectivity index is 1.52. The van der Waals surface area contributed by atoms with Crippen molar-refractivity contribution in [3.63, 3.8) is 0 Å². The Morgan fingerprint density at radius 1 is 1.09 bits per heavy atom. The highest BCUT2D eigenvalue weighted by molar-refractivity contribution is 7.99. The molecule has 0 aliphatic heterocycles. The minimum atomic E-state index is -4.49. The van der Waals surface area contributed by atoms with Crippen molar-refractivity contribution >= 4 is 29.3 Å². The van der Waals surface area contributed by atoms with E-state index in [1.807, 2.05) is 19.1 Å². The molecule has 0 saturated carbocycles. The first-order valence-electron chi connectivity index (χ1n) is 10.6. The van der Waals surface area contributed by atoms with Crippen LogP contribution in [0.1, 0.15) is 23.9 Å². The zero-order valence-corrected chi connectivity index (χ0v) is 19.9. The summed E-state index contributed by atoms with van der Waals surface area (Å²) in [5.41, 5.74) is 0.0540. The third-order valence-electron chi connectivity index (χ3n) is 4.88. The van der Waals surface area contributed by atoms with E-state index < -0.39 is 17.6 Å². The average Bonchev–Trinajstić information content (AvgIpc) is 3.23. The number of hydrogen-bond acceptors (Lipinski definition) is 6. The van der Waals surface area contributed by atoms with Crippen molar-refractivity contribution in [3.05, 3.63) is 65.5 Å². The standard InChI is InChI=1S/C23H24F3N5O3S/c1-3-31-19(13-27-20(32)11-15-7-9-18(34-2)10-8-15)29-30-22(31)35-14-21(33)28-17-6-4-5-16(12-17)23(24,25)26/h4-10,12H,3,11,13-14H2,1-2H3,(H,27,32)(H,28,33). The van der Waals surface area contributed by atoms with E-state index in [-0.39, 0.29) is 30.3 Å². The Morgan fingerprint density at radius 2 is 1.83 bits per heavy atom. The van der Waals surface area contributed by atoms with Crippen molar-refractivity contribution in [2.24, 2.45) is 0 Å². The number of methoxy groups -OCH3 is 1. The third-order valence-corrected chi connectivity index (χ3v) is 5.85. The monoisotopic (exact) mass is 507 g/mol. The number of rotatable bonds is 10. The summed E-state index contributed by atoms with van der Waals surface area (Å²) in [5, 5.41) is 13.9. The fraction of sp³-hybridized carbons (Fsp3) is 0.304. The highest BCUT2D eigenvalue weighted by Gasteiger charge is 2.30. The van der Waals surface area contributed by atoms with Gasteiger partial charge in [-0.3, -0.25) is 9.59 Å². The van der Waals surface area contributed by atoms with Crippen molar-refractivity contribution in [2.75, 3.05) is 18.2 Å². The second kappa shape index (κ2) is 11.7. The predicted molar refractivity (Wildman–Crippen MR) is 125 cm³/mol. The van der Waals surface area contributed by atoms with Crippen LogP contribution in [-0.2, 0) is 35.3 Å². The van der Waals surface area contributed by atoms with Crippen LogP contribution in [0.2, 0.25) is 0 Å². The second-order valence-corrected chi connectivity index (χ2v) is 8.30. The van der Waals surface area contributed by atoms with E-state index in [4.69, 9.17) is 4.74 Å². The predicted octanol–water partition coefficient (Wildman–Crippen LogP) is 3.92. The summed E-state index contributed by atoms with van der Waals surface area (Å²) in [6, 6.07) is 11.6. The van der Waals surface area contributed by atoms with E-state index in [0.29, 0.717) is 23.3 Å².